The summed E-state index contributed by atoms with van der Waals surface area (Å²) in [4.78, 5) is 14.8. The number of hydrogen-bond acceptors (Lipinski definition) is 7. The van der Waals surface area contributed by atoms with Crippen molar-refractivity contribution < 1.29 is 22.4 Å². The highest BCUT2D eigenvalue weighted by Gasteiger charge is 2.33. The van der Waals surface area contributed by atoms with Gasteiger partial charge in [0.15, 0.2) is 4.32 Å². The number of primary sulfonamides is 1. The molecule has 31 heavy (non-hydrogen) atoms. The molecule has 0 saturated carbocycles. The first kappa shape index (κ1) is 21.3. The molecule has 1 aliphatic rings. The zero-order chi connectivity index (χ0) is 22.2. The SMILES string of the molecule is COc1ccc(N2C(=O)C(=Cc3ccc(-c4ccc(S(N)(=O)=O)cc4)o3)SC2=S)cc1. The largest absolute Gasteiger partial charge is 0.497 e. The number of nitrogens with zero attached hydrogens (tertiary/aromatic N) is 1. The van der Waals surface area contributed by atoms with Crippen LogP contribution in [0.25, 0.3) is 17.4 Å². The van der Waals surface area contributed by atoms with E-state index in [4.69, 9.17) is 26.5 Å². The molecular weight excluding hydrogens is 456 g/mol. The van der Waals surface area contributed by atoms with Crippen LogP contribution in [0.1, 0.15) is 5.76 Å². The van der Waals surface area contributed by atoms with Crippen LogP contribution < -0.4 is 14.8 Å². The number of rotatable bonds is 5. The smallest absolute Gasteiger partial charge is 0.270 e. The molecule has 1 fully saturated rings. The molecule has 0 aliphatic carbocycles. The number of nitrogens with two attached hydrogens (primary N) is 1. The minimum Gasteiger partial charge on any atom is -0.497 e. The number of benzene rings is 2. The predicted molar refractivity (Wildman–Crippen MR) is 124 cm³/mol. The van der Waals surface area contributed by atoms with E-state index in [-0.39, 0.29) is 10.8 Å². The lowest BCUT2D eigenvalue weighted by Crippen LogP contribution is -2.27. The zero-order valence-electron chi connectivity index (χ0n) is 16.1. The van der Waals surface area contributed by atoms with Crippen LogP contribution in [0.2, 0.25) is 0 Å². The van der Waals surface area contributed by atoms with Crippen molar-refractivity contribution >= 4 is 56.0 Å². The Bertz CT molecular complexity index is 1290. The lowest BCUT2D eigenvalue weighted by atomic mass is 10.2. The predicted octanol–water partition coefficient (Wildman–Crippen LogP) is 4.01. The first-order valence-corrected chi connectivity index (χ1v) is 11.7. The fraction of sp³-hybridized carbons (Fsp3) is 0.0476. The fourth-order valence-corrected chi connectivity index (χ4v) is 4.74. The van der Waals surface area contributed by atoms with Gasteiger partial charge in [-0.1, -0.05) is 24.0 Å². The van der Waals surface area contributed by atoms with Crippen LogP contribution in [0.15, 0.2) is 74.9 Å². The molecule has 3 aromatic rings. The van der Waals surface area contributed by atoms with Gasteiger partial charge in [0.25, 0.3) is 5.91 Å². The zero-order valence-corrected chi connectivity index (χ0v) is 18.6. The number of carbonyl (C=O) groups excluding carboxylic acids is 1. The van der Waals surface area contributed by atoms with Gasteiger partial charge in [0.2, 0.25) is 10.0 Å². The van der Waals surface area contributed by atoms with Gasteiger partial charge >= 0.3 is 0 Å². The number of ether oxygens (including phenoxy) is 1. The van der Waals surface area contributed by atoms with Crippen LogP contribution in [-0.4, -0.2) is 25.8 Å². The van der Waals surface area contributed by atoms with Gasteiger partial charge in [0.05, 0.1) is 22.6 Å². The summed E-state index contributed by atoms with van der Waals surface area (Å²) in [6, 6.07) is 16.5. The Hall–Kier alpha value is -2.92. The number of carbonyl (C=O) groups is 1. The van der Waals surface area contributed by atoms with Gasteiger partial charge in [-0.3, -0.25) is 9.69 Å². The summed E-state index contributed by atoms with van der Waals surface area (Å²) in [5.41, 5.74) is 1.33. The molecule has 158 valence electrons. The van der Waals surface area contributed by atoms with E-state index in [1.807, 2.05) is 0 Å². The Morgan fingerprint density at radius 1 is 1.06 bits per heavy atom. The first-order chi connectivity index (χ1) is 14.8. The number of thioether (sulfide) groups is 1. The lowest BCUT2D eigenvalue weighted by molar-refractivity contribution is -0.113. The number of hydrogen-bond donors (Lipinski definition) is 1. The Kier molecular flexibility index (Phi) is 5.71. The summed E-state index contributed by atoms with van der Waals surface area (Å²) in [7, 11) is -2.19. The van der Waals surface area contributed by atoms with Crippen LogP contribution in [-0.2, 0) is 14.8 Å². The molecule has 7 nitrogen and oxygen atoms in total. The standard InChI is InChI=1S/C21H16N2O5S3/c1-27-15-6-4-14(5-7-15)23-20(24)19(30-21(23)29)12-16-8-11-18(28-16)13-2-9-17(10-3-13)31(22,25)26/h2-12H,1H3,(H2,22,25,26). The maximum atomic E-state index is 12.9. The van der Waals surface area contributed by atoms with E-state index in [0.29, 0.717) is 37.7 Å². The molecule has 1 saturated heterocycles. The number of sulfonamides is 1. The number of methoxy groups -OCH3 is 1. The summed E-state index contributed by atoms with van der Waals surface area (Å²) in [6.07, 6.45) is 1.63. The van der Waals surface area contributed by atoms with E-state index in [0.717, 1.165) is 0 Å². The number of thiocarbonyl (C=S) groups is 1. The number of furan rings is 1. The molecule has 2 heterocycles. The quantitative estimate of drug-likeness (QED) is 0.442. The summed E-state index contributed by atoms with van der Waals surface area (Å²) < 4.78 is 34.2. The molecule has 0 radical (unpaired) electrons. The summed E-state index contributed by atoms with van der Waals surface area (Å²) in [5, 5.41) is 5.12. The summed E-state index contributed by atoms with van der Waals surface area (Å²) in [5.74, 6) is 1.44. The van der Waals surface area contributed by atoms with E-state index < -0.39 is 10.0 Å². The minimum absolute atomic E-state index is 0.0187. The Morgan fingerprint density at radius 2 is 1.74 bits per heavy atom. The van der Waals surface area contributed by atoms with Crippen LogP contribution >= 0.6 is 24.0 Å². The van der Waals surface area contributed by atoms with Gasteiger partial charge in [-0.05, 0) is 60.7 Å². The van der Waals surface area contributed by atoms with E-state index in [1.165, 1.54) is 28.8 Å². The molecule has 4 rings (SSSR count). The second kappa shape index (κ2) is 8.31. The van der Waals surface area contributed by atoms with Gasteiger partial charge in [-0.2, -0.15) is 0 Å². The van der Waals surface area contributed by atoms with Gasteiger partial charge in [0, 0.05) is 11.6 Å². The molecule has 2 aromatic carbocycles. The molecule has 1 amide bonds. The molecule has 0 unspecified atom stereocenters. The Balaban J connectivity index is 1.56. The Morgan fingerprint density at radius 3 is 2.35 bits per heavy atom. The van der Waals surface area contributed by atoms with Crippen LogP contribution in [0.3, 0.4) is 0 Å². The second-order valence-electron chi connectivity index (χ2n) is 6.49. The summed E-state index contributed by atoms with van der Waals surface area (Å²) >= 11 is 6.57. The molecular formula is C21H16N2O5S3. The first-order valence-electron chi connectivity index (χ1n) is 8.91. The molecule has 1 aliphatic heterocycles. The van der Waals surface area contributed by atoms with E-state index >= 15 is 0 Å². The van der Waals surface area contributed by atoms with Crippen LogP contribution in [0.5, 0.6) is 5.75 Å². The number of amides is 1. The third kappa shape index (κ3) is 4.42. The molecule has 0 bridgehead atoms. The molecule has 0 spiro atoms. The molecule has 2 N–H and O–H groups in total. The van der Waals surface area contributed by atoms with Gasteiger partial charge in [-0.25, -0.2) is 13.6 Å². The van der Waals surface area contributed by atoms with Crippen molar-refractivity contribution in [1.82, 2.24) is 0 Å². The highest BCUT2D eigenvalue weighted by molar-refractivity contribution is 8.27. The van der Waals surface area contributed by atoms with Crippen molar-refractivity contribution in [1.29, 1.82) is 0 Å². The third-order valence-corrected chi connectivity index (χ3v) is 6.72. The van der Waals surface area contributed by atoms with E-state index in [9.17, 15) is 13.2 Å². The van der Waals surface area contributed by atoms with E-state index in [1.54, 1.807) is 61.7 Å². The minimum atomic E-state index is -3.76. The van der Waals surface area contributed by atoms with Crippen LogP contribution in [0, 0.1) is 0 Å². The van der Waals surface area contributed by atoms with E-state index in [2.05, 4.69) is 0 Å². The Labute approximate surface area is 188 Å². The van der Waals surface area contributed by atoms with Crippen molar-refractivity contribution in [3.05, 3.63) is 71.3 Å². The van der Waals surface area contributed by atoms with Gasteiger partial charge < -0.3 is 9.15 Å². The van der Waals surface area contributed by atoms with Crippen molar-refractivity contribution in [2.24, 2.45) is 5.14 Å². The van der Waals surface area contributed by atoms with Crippen molar-refractivity contribution in [3.8, 4) is 17.1 Å². The van der Waals surface area contributed by atoms with Crippen LogP contribution in [0.4, 0.5) is 5.69 Å². The van der Waals surface area contributed by atoms with Crippen molar-refractivity contribution in [3.63, 3.8) is 0 Å². The van der Waals surface area contributed by atoms with Crippen molar-refractivity contribution in [2.45, 2.75) is 4.90 Å². The normalized spacial score (nSPS) is 15.7. The molecule has 1 aromatic heterocycles. The van der Waals surface area contributed by atoms with Gasteiger partial charge in [0.1, 0.15) is 17.3 Å². The second-order valence-corrected chi connectivity index (χ2v) is 9.72. The maximum absolute atomic E-state index is 12.9. The highest BCUT2D eigenvalue weighted by Crippen LogP contribution is 2.37. The lowest BCUT2D eigenvalue weighted by Gasteiger charge is -2.14. The average molecular weight is 473 g/mol. The molecule has 0 atom stereocenters. The number of anilines is 1. The summed E-state index contributed by atoms with van der Waals surface area (Å²) in [6.45, 7) is 0. The average Bonchev–Trinajstić information content (AvgIpc) is 3.32. The molecule has 10 heteroatoms. The topological polar surface area (TPSA) is 103 Å². The maximum Gasteiger partial charge on any atom is 0.270 e. The third-order valence-electron chi connectivity index (χ3n) is 4.49. The fourth-order valence-electron chi connectivity index (χ4n) is 2.95. The van der Waals surface area contributed by atoms with Crippen molar-refractivity contribution in [2.75, 3.05) is 12.0 Å². The van der Waals surface area contributed by atoms with Gasteiger partial charge in [-0.15, -0.1) is 0 Å². The monoisotopic (exact) mass is 472 g/mol. The highest BCUT2D eigenvalue weighted by atomic mass is 32.2.